The summed E-state index contributed by atoms with van der Waals surface area (Å²) < 4.78 is 0.146. The van der Waals surface area contributed by atoms with Gasteiger partial charge in [-0.2, -0.15) is 0 Å². The van der Waals surface area contributed by atoms with E-state index in [0.717, 1.165) is 0 Å². The van der Waals surface area contributed by atoms with Crippen LogP contribution in [0.3, 0.4) is 0 Å². The zero-order chi connectivity index (χ0) is 5.33. The van der Waals surface area contributed by atoms with Gasteiger partial charge in [-0.1, -0.05) is 0 Å². The van der Waals surface area contributed by atoms with E-state index in [4.69, 9.17) is 0 Å². The van der Waals surface area contributed by atoms with E-state index >= 15 is 0 Å². The molecule has 0 aliphatic heterocycles. The Morgan fingerprint density at radius 3 is 1.86 bits per heavy atom. The molecule has 1 aliphatic carbocycles. The fourth-order valence-electron chi connectivity index (χ4n) is 0.543. The maximum atomic E-state index is 3.47. The molecule has 1 aliphatic rings. The van der Waals surface area contributed by atoms with Gasteiger partial charge in [0.1, 0.15) is 0 Å². The second kappa shape index (κ2) is 1.50. The van der Waals surface area contributed by atoms with Crippen LogP contribution in [-0.4, -0.2) is 0 Å². The van der Waals surface area contributed by atoms with E-state index < -0.39 is 0 Å². The van der Waals surface area contributed by atoms with Crippen LogP contribution >= 0.6 is 0 Å². The predicted molar refractivity (Wildman–Crippen MR) is 26.6 cm³/mol. The summed E-state index contributed by atoms with van der Waals surface area (Å²) in [7, 11) is 0. The van der Waals surface area contributed by atoms with Gasteiger partial charge in [0.05, 0.1) is 0 Å². The van der Waals surface area contributed by atoms with Gasteiger partial charge in [0, 0.05) is 0 Å². The van der Waals surface area contributed by atoms with Crippen molar-refractivity contribution in [2.75, 3.05) is 0 Å². The zero-order valence-electron chi connectivity index (χ0n) is 4.19. The number of hydrogen-bond acceptors (Lipinski definition) is 0. The fourth-order valence-corrected chi connectivity index (χ4v) is 0.770. The van der Waals surface area contributed by atoms with Crippen LogP contribution in [0.4, 0.5) is 0 Å². The van der Waals surface area contributed by atoms with E-state index in [0.29, 0.717) is 0 Å². The topological polar surface area (TPSA) is 0 Å². The van der Waals surface area contributed by atoms with Crippen molar-refractivity contribution in [3.8, 4) is 0 Å². The van der Waals surface area contributed by atoms with Crippen molar-refractivity contribution in [1.29, 1.82) is 0 Å². The molecule has 0 N–H and O–H groups in total. The van der Waals surface area contributed by atoms with Gasteiger partial charge in [-0.25, -0.2) is 0 Å². The molecule has 38 valence electrons. The molecule has 0 spiro atoms. The average Bonchev–Trinajstić information content (AvgIpc) is 1.84. The molecule has 0 radical (unpaired) electrons. The molecule has 0 heterocycles. The van der Waals surface area contributed by atoms with E-state index in [1.54, 1.807) is 0 Å². The van der Waals surface area contributed by atoms with Gasteiger partial charge in [0.2, 0.25) is 0 Å². The Hall–Kier alpha value is -0.000519. The van der Waals surface area contributed by atoms with Crippen LogP contribution in [0, 0.1) is 0 Å². The van der Waals surface area contributed by atoms with Gasteiger partial charge >= 0.3 is 51.6 Å². The second-order valence-corrected chi connectivity index (χ2v) is 3.14. The average molecular weight is 134 g/mol. The normalized spacial score (nSPS) is 23.7. The van der Waals surface area contributed by atoms with Gasteiger partial charge in [-0.3, -0.25) is 0 Å². The molecular formula is C6H7Mn. The van der Waals surface area contributed by atoms with Gasteiger partial charge in [-0.05, 0) is 0 Å². The first-order valence-corrected chi connectivity index (χ1v) is 2.86. The molecule has 7 heavy (non-hydrogen) atoms. The Balaban J connectivity index is 2.77. The maximum absolute atomic E-state index is 3.47. The fraction of sp³-hybridized carbons (Fsp3) is 0.333. The minimum absolute atomic E-state index is 0.146. The van der Waals surface area contributed by atoms with Crippen LogP contribution in [0.2, 0.25) is 4.31 Å². The van der Waals surface area contributed by atoms with Crippen molar-refractivity contribution >= 4 is 0 Å². The molecule has 0 aromatic carbocycles. The number of allylic oxidation sites excluding steroid dienone is 4. The summed E-state index contributed by atoms with van der Waals surface area (Å²) in [6, 6.07) is 0. The Kier molecular flexibility index (Phi) is 1.10. The third-order valence-electron chi connectivity index (χ3n) is 0.955. The third-order valence-corrected chi connectivity index (χ3v) is 1.35. The van der Waals surface area contributed by atoms with E-state index in [1.807, 2.05) is 12.2 Å². The monoisotopic (exact) mass is 134 g/mol. The van der Waals surface area contributed by atoms with Crippen LogP contribution in [-0.2, 0) is 16.0 Å². The van der Waals surface area contributed by atoms with Crippen LogP contribution in [0.1, 0.15) is 6.92 Å². The standard InChI is InChI=1S/C6H7.Mn/c1-6-4-2-3-5-6;/h2-5H,1H3;. The van der Waals surface area contributed by atoms with Crippen molar-refractivity contribution in [2.24, 2.45) is 0 Å². The molecule has 0 saturated carbocycles. The number of rotatable bonds is 0. The molecule has 0 amide bonds. The van der Waals surface area contributed by atoms with Gasteiger partial charge in [-0.15, -0.1) is 0 Å². The summed E-state index contributed by atoms with van der Waals surface area (Å²) >= 11 is 3.47. The quantitative estimate of drug-likeness (QED) is 0.443. The summed E-state index contributed by atoms with van der Waals surface area (Å²) in [6.45, 7) is 2.10. The van der Waals surface area contributed by atoms with Crippen molar-refractivity contribution in [3.05, 3.63) is 24.3 Å². The molecule has 1 rings (SSSR count). The molecule has 0 aromatic heterocycles. The van der Waals surface area contributed by atoms with Crippen molar-refractivity contribution < 1.29 is 16.0 Å². The molecule has 0 aromatic rings. The molecule has 0 saturated heterocycles. The van der Waals surface area contributed by atoms with Crippen LogP contribution in [0.15, 0.2) is 24.3 Å². The zero-order valence-corrected chi connectivity index (χ0v) is 5.37. The molecule has 0 atom stereocenters. The molecule has 0 bridgehead atoms. The summed E-state index contributed by atoms with van der Waals surface area (Å²) in [5.41, 5.74) is 0. The summed E-state index contributed by atoms with van der Waals surface area (Å²) in [4.78, 5) is 0. The first kappa shape index (κ1) is 5.14. The van der Waals surface area contributed by atoms with Crippen LogP contribution < -0.4 is 0 Å². The molecule has 0 unspecified atom stereocenters. The van der Waals surface area contributed by atoms with Crippen LogP contribution in [0.5, 0.6) is 0 Å². The Morgan fingerprint density at radius 1 is 1.29 bits per heavy atom. The summed E-state index contributed by atoms with van der Waals surface area (Å²) in [5.74, 6) is 0. The van der Waals surface area contributed by atoms with E-state index in [2.05, 4.69) is 35.1 Å². The summed E-state index contributed by atoms with van der Waals surface area (Å²) in [5, 5.41) is 0. The van der Waals surface area contributed by atoms with Gasteiger partial charge in [0.15, 0.2) is 0 Å². The van der Waals surface area contributed by atoms with Crippen molar-refractivity contribution in [1.82, 2.24) is 0 Å². The Morgan fingerprint density at radius 2 is 1.71 bits per heavy atom. The minimum atomic E-state index is 0.146. The second-order valence-electron chi connectivity index (χ2n) is 1.87. The van der Waals surface area contributed by atoms with Gasteiger partial charge in [0.25, 0.3) is 0 Å². The molecule has 0 nitrogen and oxygen atoms in total. The van der Waals surface area contributed by atoms with E-state index in [1.165, 1.54) is 0 Å². The van der Waals surface area contributed by atoms with Crippen LogP contribution in [0.25, 0.3) is 0 Å². The first-order valence-electron chi connectivity index (χ1n) is 2.27. The number of hydrogen-bond donors (Lipinski definition) is 0. The predicted octanol–water partition coefficient (Wildman–Crippen LogP) is 1.84. The Bertz CT molecular complexity index is 106. The molecular weight excluding hydrogens is 127 g/mol. The van der Waals surface area contributed by atoms with Gasteiger partial charge < -0.3 is 0 Å². The van der Waals surface area contributed by atoms with Crippen molar-refractivity contribution in [2.45, 2.75) is 11.2 Å². The molecule has 0 fully saturated rings. The van der Waals surface area contributed by atoms with E-state index in [-0.39, 0.29) is 4.31 Å². The summed E-state index contributed by atoms with van der Waals surface area (Å²) in [6.07, 6.45) is 8.28. The Labute approximate surface area is 52.1 Å². The molecule has 1 heteroatoms. The van der Waals surface area contributed by atoms with Crippen molar-refractivity contribution in [3.63, 3.8) is 0 Å². The third kappa shape index (κ3) is 1.18. The van der Waals surface area contributed by atoms with E-state index in [9.17, 15) is 0 Å². The SMILES string of the molecule is C[C]1([Mn])C=CC=C1. The first-order chi connectivity index (χ1) is 3.21.